The van der Waals surface area contributed by atoms with Gasteiger partial charge in [0.15, 0.2) is 6.29 Å². The highest BCUT2D eigenvalue weighted by Crippen LogP contribution is 2.18. The third kappa shape index (κ3) is 1.99. The molecule has 0 N–H and O–H groups in total. The summed E-state index contributed by atoms with van der Waals surface area (Å²) in [5.41, 5.74) is 2.51. The van der Waals surface area contributed by atoms with Crippen LogP contribution in [0, 0.1) is 0 Å². The summed E-state index contributed by atoms with van der Waals surface area (Å²) in [5, 5.41) is 4.67. The topological polar surface area (TPSA) is 34.9 Å². The summed E-state index contributed by atoms with van der Waals surface area (Å²) in [6.07, 6.45) is 5.46. The molecule has 0 aliphatic carbocycles. The number of hydrogen-bond acceptors (Lipinski definition) is 2. The highest BCUT2D eigenvalue weighted by molar-refractivity contribution is 6.33. The number of nitrogens with zero attached hydrogens (tertiary/aromatic N) is 2. The van der Waals surface area contributed by atoms with Gasteiger partial charge in [-0.2, -0.15) is 5.10 Å². The maximum atomic E-state index is 10.6. The van der Waals surface area contributed by atoms with Gasteiger partial charge in [0, 0.05) is 11.8 Å². The number of carbonyl (C=O) groups excluding carboxylic acids is 1. The molecule has 0 spiro atoms. The van der Waals surface area contributed by atoms with Crippen molar-refractivity contribution in [2.45, 2.75) is 13.3 Å². The van der Waals surface area contributed by atoms with E-state index >= 15 is 0 Å². The zero-order valence-corrected chi connectivity index (χ0v) is 9.61. The van der Waals surface area contributed by atoms with E-state index in [2.05, 4.69) is 12.0 Å². The van der Waals surface area contributed by atoms with Crippen LogP contribution in [0.1, 0.15) is 22.8 Å². The Hall–Kier alpha value is -1.61. The quantitative estimate of drug-likeness (QED) is 0.766. The Bertz CT molecular complexity index is 519. The molecule has 0 aliphatic heterocycles. The molecule has 0 aliphatic rings. The molecule has 0 saturated heterocycles. The molecule has 2 aromatic rings. The molecule has 4 heteroatoms. The van der Waals surface area contributed by atoms with Crippen LogP contribution in [0.15, 0.2) is 30.6 Å². The molecular weight excluding hydrogens is 224 g/mol. The van der Waals surface area contributed by atoms with Crippen molar-refractivity contribution in [1.29, 1.82) is 0 Å². The average molecular weight is 235 g/mol. The summed E-state index contributed by atoms with van der Waals surface area (Å²) in [6, 6.07) is 5.25. The molecule has 16 heavy (non-hydrogen) atoms. The van der Waals surface area contributed by atoms with Gasteiger partial charge in [-0.1, -0.05) is 18.5 Å². The molecule has 1 heterocycles. The van der Waals surface area contributed by atoms with Crippen molar-refractivity contribution >= 4 is 17.9 Å². The van der Waals surface area contributed by atoms with Gasteiger partial charge in [0.2, 0.25) is 0 Å². The lowest BCUT2D eigenvalue weighted by molar-refractivity contribution is 0.112. The molecule has 0 bridgehead atoms. The summed E-state index contributed by atoms with van der Waals surface area (Å²) in [5.74, 6) is 0. The number of aromatic nitrogens is 2. The Labute approximate surface area is 98.7 Å². The largest absolute Gasteiger partial charge is 0.298 e. The van der Waals surface area contributed by atoms with Crippen LogP contribution in [-0.4, -0.2) is 16.1 Å². The Morgan fingerprint density at radius 3 is 2.88 bits per heavy atom. The molecule has 0 fully saturated rings. The van der Waals surface area contributed by atoms with E-state index < -0.39 is 0 Å². The predicted molar refractivity (Wildman–Crippen MR) is 63.3 cm³/mol. The third-order valence-corrected chi connectivity index (χ3v) is 2.75. The second-order valence-electron chi connectivity index (χ2n) is 3.47. The van der Waals surface area contributed by atoms with E-state index in [1.807, 2.05) is 18.5 Å². The summed E-state index contributed by atoms with van der Waals surface area (Å²) < 4.78 is 1.75. The lowest BCUT2D eigenvalue weighted by atomic mass is 10.2. The fourth-order valence-electron chi connectivity index (χ4n) is 1.44. The van der Waals surface area contributed by atoms with Crippen molar-refractivity contribution < 1.29 is 4.79 Å². The summed E-state index contributed by atoms with van der Waals surface area (Å²) in [4.78, 5) is 10.6. The summed E-state index contributed by atoms with van der Waals surface area (Å²) >= 11 is 5.95. The number of halogens is 1. The SMILES string of the molecule is CCc1cnn(-c2ccc(C=O)c(Cl)c2)c1. The number of aldehydes is 1. The Kier molecular flexibility index (Phi) is 3.06. The highest BCUT2D eigenvalue weighted by Gasteiger charge is 2.03. The second kappa shape index (κ2) is 4.49. The number of aryl methyl sites for hydroxylation is 1. The molecule has 0 amide bonds. The van der Waals surface area contributed by atoms with E-state index in [1.165, 1.54) is 0 Å². The van der Waals surface area contributed by atoms with E-state index in [0.29, 0.717) is 10.6 Å². The minimum atomic E-state index is 0.445. The standard InChI is InChI=1S/C12H11ClN2O/c1-2-9-6-14-15(7-9)11-4-3-10(8-16)12(13)5-11/h3-8H,2H2,1H3. The zero-order valence-electron chi connectivity index (χ0n) is 8.85. The van der Waals surface area contributed by atoms with E-state index in [4.69, 9.17) is 11.6 Å². The smallest absolute Gasteiger partial charge is 0.151 e. The molecule has 1 aromatic carbocycles. The number of carbonyl (C=O) groups is 1. The van der Waals surface area contributed by atoms with Crippen LogP contribution in [-0.2, 0) is 6.42 Å². The van der Waals surface area contributed by atoms with Gasteiger partial charge in [0.1, 0.15) is 0 Å². The van der Waals surface area contributed by atoms with Crippen molar-refractivity contribution in [2.24, 2.45) is 0 Å². The molecule has 2 rings (SSSR count). The Balaban J connectivity index is 2.40. The third-order valence-electron chi connectivity index (χ3n) is 2.42. The molecule has 82 valence electrons. The van der Waals surface area contributed by atoms with E-state index in [0.717, 1.165) is 24.0 Å². The normalized spacial score (nSPS) is 10.4. The summed E-state index contributed by atoms with van der Waals surface area (Å²) in [7, 11) is 0. The molecule has 0 atom stereocenters. The van der Waals surface area contributed by atoms with Crippen molar-refractivity contribution in [1.82, 2.24) is 9.78 Å². The molecule has 0 radical (unpaired) electrons. The van der Waals surface area contributed by atoms with E-state index in [1.54, 1.807) is 16.8 Å². The fourth-order valence-corrected chi connectivity index (χ4v) is 1.66. The first-order valence-electron chi connectivity index (χ1n) is 5.03. The lowest BCUT2D eigenvalue weighted by Gasteiger charge is -2.02. The van der Waals surface area contributed by atoms with Crippen LogP contribution in [0.2, 0.25) is 5.02 Å². The second-order valence-corrected chi connectivity index (χ2v) is 3.88. The minimum Gasteiger partial charge on any atom is -0.298 e. The van der Waals surface area contributed by atoms with Gasteiger partial charge in [0.25, 0.3) is 0 Å². The molecule has 3 nitrogen and oxygen atoms in total. The lowest BCUT2D eigenvalue weighted by Crippen LogP contribution is -1.95. The monoisotopic (exact) mass is 234 g/mol. The van der Waals surface area contributed by atoms with E-state index in [-0.39, 0.29) is 0 Å². The van der Waals surface area contributed by atoms with Crippen molar-refractivity contribution in [2.75, 3.05) is 0 Å². The first kappa shape index (κ1) is 10.9. The van der Waals surface area contributed by atoms with Crippen molar-refractivity contribution in [3.63, 3.8) is 0 Å². The first-order valence-corrected chi connectivity index (χ1v) is 5.41. The highest BCUT2D eigenvalue weighted by atomic mass is 35.5. The number of hydrogen-bond donors (Lipinski definition) is 0. The van der Waals surface area contributed by atoms with Gasteiger partial charge in [-0.15, -0.1) is 0 Å². The maximum absolute atomic E-state index is 10.6. The van der Waals surface area contributed by atoms with Gasteiger partial charge in [-0.05, 0) is 30.2 Å². The number of benzene rings is 1. The fraction of sp³-hybridized carbons (Fsp3) is 0.167. The summed E-state index contributed by atoms with van der Waals surface area (Å²) in [6.45, 7) is 2.07. The average Bonchev–Trinajstić information content (AvgIpc) is 2.77. The van der Waals surface area contributed by atoms with Crippen molar-refractivity contribution in [3.8, 4) is 5.69 Å². The Morgan fingerprint density at radius 1 is 1.50 bits per heavy atom. The predicted octanol–water partition coefficient (Wildman–Crippen LogP) is 2.90. The number of rotatable bonds is 3. The molecular formula is C12H11ClN2O. The van der Waals surface area contributed by atoms with Crippen LogP contribution < -0.4 is 0 Å². The van der Waals surface area contributed by atoms with Gasteiger partial charge < -0.3 is 0 Å². The van der Waals surface area contributed by atoms with E-state index in [9.17, 15) is 4.79 Å². The maximum Gasteiger partial charge on any atom is 0.151 e. The van der Waals surface area contributed by atoms with Crippen LogP contribution in [0.4, 0.5) is 0 Å². The van der Waals surface area contributed by atoms with Crippen LogP contribution in [0.25, 0.3) is 5.69 Å². The van der Waals surface area contributed by atoms with Gasteiger partial charge in [0.05, 0.1) is 16.9 Å². The minimum absolute atomic E-state index is 0.445. The van der Waals surface area contributed by atoms with Crippen LogP contribution in [0.3, 0.4) is 0 Å². The zero-order chi connectivity index (χ0) is 11.5. The van der Waals surface area contributed by atoms with Gasteiger partial charge in [-0.3, -0.25) is 4.79 Å². The van der Waals surface area contributed by atoms with Crippen LogP contribution in [0.5, 0.6) is 0 Å². The van der Waals surface area contributed by atoms with Crippen molar-refractivity contribution in [3.05, 3.63) is 46.7 Å². The molecule has 0 unspecified atom stereocenters. The van der Waals surface area contributed by atoms with Gasteiger partial charge in [-0.25, -0.2) is 4.68 Å². The Morgan fingerprint density at radius 2 is 2.31 bits per heavy atom. The molecule has 0 saturated carbocycles. The first-order chi connectivity index (χ1) is 7.74. The molecule has 1 aromatic heterocycles. The van der Waals surface area contributed by atoms with Crippen LogP contribution >= 0.6 is 11.6 Å². The van der Waals surface area contributed by atoms with Gasteiger partial charge >= 0.3 is 0 Å².